The van der Waals surface area contributed by atoms with Gasteiger partial charge in [-0.25, -0.2) is 8.78 Å². The lowest BCUT2D eigenvalue weighted by molar-refractivity contribution is -0.121. The van der Waals surface area contributed by atoms with E-state index in [4.69, 9.17) is 5.73 Å². The van der Waals surface area contributed by atoms with Gasteiger partial charge in [0.25, 0.3) is 0 Å². The first-order chi connectivity index (χ1) is 10.1. The van der Waals surface area contributed by atoms with Crippen LogP contribution in [0.15, 0.2) is 18.2 Å². The van der Waals surface area contributed by atoms with E-state index in [1.807, 2.05) is 0 Å². The lowest BCUT2D eigenvalue weighted by Crippen LogP contribution is -2.46. The Kier molecular flexibility index (Phi) is 5.67. The molecule has 0 heterocycles. The summed E-state index contributed by atoms with van der Waals surface area (Å²) in [6, 6.07) is 3.07. The van der Waals surface area contributed by atoms with Crippen molar-refractivity contribution in [2.24, 2.45) is 11.7 Å². The number of nitrogens with two attached hydrogens (primary N) is 1. The molecule has 5 heteroatoms. The van der Waals surface area contributed by atoms with Crippen molar-refractivity contribution in [3.05, 3.63) is 35.4 Å². The summed E-state index contributed by atoms with van der Waals surface area (Å²) in [6.45, 7) is 0.377. The molecule has 0 aliphatic heterocycles. The van der Waals surface area contributed by atoms with Gasteiger partial charge in [0.15, 0.2) is 0 Å². The number of carbonyl (C=O) groups excluding carboxylic acids is 1. The number of hydrogen-bond donors (Lipinski definition) is 2. The van der Waals surface area contributed by atoms with Crippen LogP contribution >= 0.6 is 0 Å². The Labute approximate surface area is 123 Å². The van der Waals surface area contributed by atoms with Gasteiger partial charge in [-0.1, -0.05) is 19.3 Å². The topological polar surface area (TPSA) is 55.1 Å². The van der Waals surface area contributed by atoms with Crippen molar-refractivity contribution in [3.63, 3.8) is 0 Å². The maximum Gasteiger partial charge on any atom is 0.224 e. The molecule has 2 rings (SSSR count). The van der Waals surface area contributed by atoms with Gasteiger partial charge < -0.3 is 11.1 Å². The monoisotopic (exact) mass is 296 g/mol. The molecule has 1 aliphatic rings. The average molecular weight is 296 g/mol. The fourth-order valence-corrected chi connectivity index (χ4v) is 3.02. The Balaban J connectivity index is 1.94. The van der Waals surface area contributed by atoms with Crippen LogP contribution in [-0.2, 0) is 11.2 Å². The zero-order valence-corrected chi connectivity index (χ0v) is 12.1. The van der Waals surface area contributed by atoms with Gasteiger partial charge in [-0.15, -0.1) is 0 Å². The molecule has 0 saturated heterocycles. The fourth-order valence-electron chi connectivity index (χ4n) is 3.02. The minimum atomic E-state index is -0.562. The van der Waals surface area contributed by atoms with E-state index in [0.717, 1.165) is 43.9 Å². The summed E-state index contributed by atoms with van der Waals surface area (Å²) < 4.78 is 26.6. The number of halogens is 2. The molecule has 1 saturated carbocycles. The lowest BCUT2D eigenvalue weighted by Gasteiger charge is -2.30. The van der Waals surface area contributed by atoms with Crippen LogP contribution in [0.3, 0.4) is 0 Å². The highest BCUT2D eigenvalue weighted by Crippen LogP contribution is 2.26. The van der Waals surface area contributed by atoms with Crippen LogP contribution < -0.4 is 11.1 Å². The van der Waals surface area contributed by atoms with Crippen molar-refractivity contribution in [1.29, 1.82) is 0 Å². The molecule has 1 amide bonds. The number of amides is 1. The summed E-state index contributed by atoms with van der Waals surface area (Å²) in [5, 5.41) is 2.88. The minimum absolute atomic E-state index is 0.0746. The van der Waals surface area contributed by atoms with Crippen molar-refractivity contribution in [1.82, 2.24) is 5.32 Å². The number of nitrogens with one attached hydrogen (secondary N) is 1. The highest BCUT2D eigenvalue weighted by Gasteiger charge is 2.24. The first-order valence-electron chi connectivity index (χ1n) is 7.53. The summed E-state index contributed by atoms with van der Waals surface area (Å²) in [6.07, 6.45) is 5.53. The van der Waals surface area contributed by atoms with E-state index in [0.29, 0.717) is 12.5 Å². The Morgan fingerprint density at radius 2 is 2.00 bits per heavy atom. The largest absolute Gasteiger partial charge is 0.352 e. The number of hydrogen-bond acceptors (Lipinski definition) is 2. The quantitative estimate of drug-likeness (QED) is 0.877. The standard InChI is InChI=1S/C16H22F2N2O/c17-13-6-7-14(18)12(8-13)9-16(21)20-15(10-19)11-4-2-1-3-5-11/h6-8,11,15H,1-5,9-10,19H2,(H,20,21). The molecular formula is C16H22F2N2O. The molecule has 3 N–H and O–H groups in total. The van der Waals surface area contributed by atoms with E-state index >= 15 is 0 Å². The van der Waals surface area contributed by atoms with E-state index < -0.39 is 11.6 Å². The molecule has 3 nitrogen and oxygen atoms in total. The fraction of sp³-hybridized carbons (Fsp3) is 0.562. The van der Waals surface area contributed by atoms with E-state index in [1.165, 1.54) is 6.42 Å². The second kappa shape index (κ2) is 7.50. The van der Waals surface area contributed by atoms with Crippen LogP contribution in [-0.4, -0.2) is 18.5 Å². The summed E-state index contributed by atoms with van der Waals surface area (Å²) in [5.41, 5.74) is 5.83. The van der Waals surface area contributed by atoms with Crippen LogP contribution in [0.5, 0.6) is 0 Å². The molecule has 1 fully saturated rings. The third-order valence-corrected chi connectivity index (χ3v) is 4.18. The zero-order chi connectivity index (χ0) is 15.2. The molecule has 0 radical (unpaired) electrons. The van der Waals surface area contributed by atoms with Gasteiger partial charge in [-0.3, -0.25) is 4.79 Å². The van der Waals surface area contributed by atoms with Crippen molar-refractivity contribution >= 4 is 5.91 Å². The highest BCUT2D eigenvalue weighted by molar-refractivity contribution is 5.79. The van der Waals surface area contributed by atoms with E-state index in [1.54, 1.807) is 0 Å². The molecule has 116 valence electrons. The van der Waals surface area contributed by atoms with Gasteiger partial charge in [0, 0.05) is 18.2 Å². The van der Waals surface area contributed by atoms with E-state index in [-0.39, 0.29) is 23.9 Å². The molecule has 1 atom stereocenters. The minimum Gasteiger partial charge on any atom is -0.352 e. The summed E-state index contributed by atoms with van der Waals surface area (Å²) in [4.78, 5) is 12.0. The molecule has 1 aromatic carbocycles. The molecule has 0 bridgehead atoms. The van der Waals surface area contributed by atoms with Crippen molar-refractivity contribution in [2.75, 3.05) is 6.54 Å². The average Bonchev–Trinajstić information content (AvgIpc) is 2.49. The Morgan fingerprint density at radius 1 is 1.29 bits per heavy atom. The van der Waals surface area contributed by atoms with Crippen LogP contribution in [0.25, 0.3) is 0 Å². The summed E-state index contributed by atoms with van der Waals surface area (Å²) >= 11 is 0. The third-order valence-electron chi connectivity index (χ3n) is 4.18. The normalized spacial score (nSPS) is 17.5. The molecule has 21 heavy (non-hydrogen) atoms. The molecule has 0 spiro atoms. The summed E-state index contributed by atoms with van der Waals surface area (Å²) in [5.74, 6) is -1.01. The van der Waals surface area contributed by atoms with Gasteiger partial charge in [0.2, 0.25) is 5.91 Å². The van der Waals surface area contributed by atoms with E-state index in [2.05, 4.69) is 5.32 Å². The van der Waals surface area contributed by atoms with Crippen LogP contribution in [0.2, 0.25) is 0 Å². The Hall–Kier alpha value is -1.49. The second-order valence-electron chi connectivity index (χ2n) is 5.72. The molecule has 1 aliphatic carbocycles. The Bertz CT molecular complexity index is 487. The third kappa shape index (κ3) is 4.49. The molecule has 1 unspecified atom stereocenters. The van der Waals surface area contributed by atoms with Gasteiger partial charge >= 0.3 is 0 Å². The van der Waals surface area contributed by atoms with Crippen molar-refractivity contribution < 1.29 is 13.6 Å². The van der Waals surface area contributed by atoms with Crippen LogP contribution in [0.1, 0.15) is 37.7 Å². The maximum absolute atomic E-state index is 13.5. The lowest BCUT2D eigenvalue weighted by atomic mass is 9.84. The smallest absolute Gasteiger partial charge is 0.224 e. The number of carbonyl (C=O) groups is 1. The maximum atomic E-state index is 13.5. The zero-order valence-electron chi connectivity index (χ0n) is 12.1. The molecule has 1 aromatic rings. The predicted molar refractivity (Wildman–Crippen MR) is 77.6 cm³/mol. The Morgan fingerprint density at radius 3 is 2.67 bits per heavy atom. The predicted octanol–water partition coefficient (Wildman–Crippen LogP) is 2.53. The van der Waals surface area contributed by atoms with E-state index in [9.17, 15) is 13.6 Å². The first-order valence-corrected chi connectivity index (χ1v) is 7.53. The number of rotatable bonds is 5. The van der Waals surface area contributed by atoms with Crippen molar-refractivity contribution in [3.8, 4) is 0 Å². The van der Waals surface area contributed by atoms with Crippen LogP contribution in [0, 0.1) is 17.6 Å². The van der Waals surface area contributed by atoms with Gasteiger partial charge in [-0.2, -0.15) is 0 Å². The van der Waals surface area contributed by atoms with Gasteiger partial charge in [0.1, 0.15) is 11.6 Å². The van der Waals surface area contributed by atoms with Crippen molar-refractivity contribution in [2.45, 2.75) is 44.6 Å². The molecular weight excluding hydrogens is 274 g/mol. The number of benzene rings is 1. The molecule has 0 aromatic heterocycles. The summed E-state index contributed by atoms with van der Waals surface area (Å²) in [7, 11) is 0. The first kappa shape index (κ1) is 15.9. The van der Waals surface area contributed by atoms with Crippen LogP contribution in [0.4, 0.5) is 8.78 Å². The SMILES string of the molecule is NCC(NC(=O)Cc1cc(F)ccc1F)C1CCCCC1. The van der Waals surface area contributed by atoms with Gasteiger partial charge in [-0.05, 0) is 37.0 Å². The second-order valence-corrected chi connectivity index (χ2v) is 5.72. The van der Waals surface area contributed by atoms with Gasteiger partial charge in [0.05, 0.1) is 6.42 Å². The highest BCUT2D eigenvalue weighted by atomic mass is 19.1.